The molecule has 2 aliphatic rings. The zero-order valence-electron chi connectivity index (χ0n) is 14.5. The first-order valence-corrected chi connectivity index (χ1v) is 9.06. The van der Waals surface area contributed by atoms with E-state index in [1.165, 1.54) is 18.4 Å². The molecule has 1 unspecified atom stereocenters. The zero-order chi connectivity index (χ0) is 16.7. The Kier molecular flexibility index (Phi) is 4.00. The van der Waals surface area contributed by atoms with Crippen LogP contribution in [0.4, 0.5) is 0 Å². The van der Waals surface area contributed by atoms with E-state index < -0.39 is 0 Å². The lowest BCUT2D eigenvalue weighted by molar-refractivity contribution is 0.262. The predicted molar refractivity (Wildman–Crippen MR) is 92.6 cm³/mol. The number of H-pyrrole nitrogens is 1. The van der Waals surface area contributed by atoms with Gasteiger partial charge in [-0.1, -0.05) is 0 Å². The fourth-order valence-electron chi connectivity index (χ4n) is 4.06. The fraction of sp³-hybridized carbons (Fsp3) is 0.611. The molecule has 0 spiro atoms. The van der Waals surface area contributed by atoms with E-state index in [4.69, 9.17) is 4.98 Å². The minimum absolute atomic E-state index is 0.00117. The number of aryl methyl sites for hydroxylation is 1. The van der Waals surface area contributed by atoms with Crippen LogP contribution >= 0.6 is 0 Å². The molecule has 0 amide bonds. The number of aromatic nitrogens is 4. The van der Waals surface area contributed by atoms with Crippen molar-refractivity contribution in [2.24, 2.45) is 0 Å². The van der Waals surface area contributed by atoms with E-state index in [-0.39, 0.29) is 5.56 Å². The van der Waals surface area contributed by atoms with Crippen LogP contribution in [-0.2, 0) is 12.8 Å². The Labute approximate surface area is 141 Å². The van der Waals surface area contributed by atoms with Crippen LogP contribution in [0.25, 0.3) is 5.95 Å². The summed E-state index contributed by atoms with van der Waals surface area (Å²) < 4.78 is 1.79. The quantitative estimate of drug-likeness (QED) is 0.939. The van der Waals surface area contributed by atoms with Crippen molar-refractivity contribution in [3.8, 4) is 5.95 Å². The number of hydrogen-bond donors (Lipinski definition) is 1. The highest BCUT2D eigenvalue weighted by atomic mass is 16.1. The number of rotatable bonds is 3. The predicted octanol–water partition coefficient (Wildman–Crippen LogP) is 2.30. The lowest BCUT2D eigenvalue weighted by Gasteiger charge is -2.23. The number of likely N-dealkylation sites (tertiary alicyclic amines) is 1. The summed E-state index contributed by atoms with van der Waals surface area (Å²) in [5.74, 6) is 0.554. The molecule has 1 aliphatic heterocycles. The van der Waals surface area contributed by atoms with Gasteiger partial charge in [0.25, 0.3) is 5.56 Å². The van der Waals surface area contributed by atoms with Crippen molar-refractivity contribution in [2.75, 3.05) is 13.1 Å². The van der Waals surface area contributed by atoms with Crippen LogP contribution < -0.4 is 5.56 Å². The van der Waals surface area contributed by atoms with Crippen LogP contribution in [0.2, 0.25) is 0 Å². The number of fused-ring (bicyclic) bond motifs is 1. The second-order valence-electron chi connectivity index (χ2n) is 7.04. The molecule has 1 N–H and O–H groups in total. The minimum atomic E-state index is -0.00117. The summed E-state index contributed by atoms with van der Waals surface area (Å²) in [4.78, 5) is 22.5. The Bertz CT molecular complexity index is 800. The molecule has 1 saturated heterocycles. The molecule has 6 heteroatoms. The van der Waals surface area contributed by atoms with Crippen LogP contribution in [0.1, 0.15) is 61.2 Å². The molecule has 0 aromatic carbocycles. The molecule has 0 saturated carbocycles. The van der Waals surface area contributed by atoms with Crippen molar-refractivity contribution in [3.05, 3.63) is 39.1 Å². The van der Waals surface area contributed by atoms with Crippen LogP contribution in [0.3, 0.4) is 0 Å². The summed E-state index contributed by atoms with van der Waals surface area (Å²) in [5, 5.41) is 4.53. The molecular formula is C18H25N5O. The van der Waals surface area contributed by atoms with Gasteiger partial charge < -0.3 is 0 Å². The van der Waals surface area contributed by atoms with Crippen LogP contribution in [0, 0.1) is 6.92 Å². The third kappa shape index (κ3) is 2.59. The van der Waals surface area contributed by atoms with Gasteiger partial charge in [0, 0.05) is 22.9 Å². The highest BCUT2D eigenvalue weighted by Gasteiger charge is 2.24. The molecule has 0 radical (unpaired) electrons. The SMILES string of the molecule is Cc1c(C(C)N2CCCC2)cnn1-c1nc2c(c(=O)[nH]1)CCCC2. The molecule has 4 rings (SSSR count). The van der Waals surface area contributed by atoms with Crippen molar-refractivity contribution >= 4 is 0 Å². The molecule has 1 atom stereocenters. The third-order valence-corrected chi connectivity index (χ3v) is 5.57. The Morgan fingerprint density at radius 1 is 1.17 bits per heavy atom. The maximum absolute atomic E-state index is 12.4. The van der Waals surface area contributed by atoms with Gasteiger partial charge in [-0.05, 0) is 65.5 Å². The lowest BCUT2D eigenvalue weighted by atomic mass is 9.97. The molecule has 1 aliphatic carbocycles. The highest BCUT2D eigenvalue weighted by molar-refractivity contribution is 5.29. The maximum Gasteiger partial charge on any atom is 0.255 e. The van der Waals surface area contributed by atoms with Gasteiger partial charge >= 0.3 is 0 Å². The monoisotopic (exact) mass is 327 g/mol. The summed E-state index contributed by atoms with van der Waals surface area (Å²) in [6.45, 7) is 6.61. The first-order valence-electron chi connectivity index (χ1n) is 9.06. The number of hydrogen-bond acceptors (Lipinski definition) is 4. The highest BCUT2D eigenvalue weighted by Crippen LogP contribution is 2.27. The molecule has 24 heavy (non-hydrogen) atoms. The van der Waals surface area contributed by atoms with Gasteiger partial charge in [-0.15, -0.1) is 0 Å². The van der Waals surface area contributed by atoms with Crippen molar-refractivity contribution in [3.63, 3.8) is 0 Å². The summed E-state index contributed by atoms with van der Waals surface area (Å²) in [7, 11) is 0. The second-order valence-corrected chi connectivity index (χ2v) is 7.04. The summed E-state index contributed by atoms with van der Waals surface area (Å²) >= 11 is 0. The maximum atomic E-state index is 12.4. The minimum Gasteiger partial charge on any atom is -0.296 e. The van der Waals surface area contributed by atoms with Crippen molar-refractivity contribution < 1.29 is 0 Å². The summed E-state index contributed by atoms with van der Waals surface area (Å²) in [5.41, 5.74) is 4.09. The van der Waals surface area contributed by atoms with E-state index in [0.717, 1.165) is 55.7 Å². The Morgan fingerprint density at radius 3 is 2.71 bits per heavy atom. The number of nitrogens with one attached hydrogen (secondary N) is 1. The number of aromatic amines is 1. The van der Waals surface area contributed by atoms with Gasteiger partial charge in [-0.2, -0.15) is 5.10 Å². The smallest absolute Gasteiger partial charge is 0.255 e. The van der Waals surface area contributed by atoms with Crippen LogP contribution in [0.5, 0.6) is 0 Å². The molecule has 2 aromatic heterocycles. The van der Waals surface area contributed by atoms with E-state index in [2.05, 4.69) is 28.8 Å². The van der Waals surface area contributed by atoms with Gasteiger partial charge in [0.05, 0.1) is 11.9 Å². The van der Waals surface area contributed by atoms with E-state index in [1.807, 2.05) is 6.20 Å². The summed E-state index contributed by atoms with van der Waals surface area (Å²) in [6, 6.07) is 0.352. The molecule has 0 bridgehead atoms. The zero-order valence-corrected chi connectivity index (χ0v) is 14.5. The average Bonchev–Trinajstić information content (AvgIpc) is 3.24. The Morgan fingerprint density at radius 2 is 1.92 bits per heavy atom. The molecular weight excluding hydrogens is 302 g/mol. The van der Waals surface area contributed by atoms with Gasteiger partial charge in [0.15, 0.2) is 0 Å². The first kappa shape index (κ1) is 15.6. The van der Waals surface area contributed by atoms with Crippen molar-refractivity contribution in [1.29, 1.82) is 0 Å². The van der Waals surface area contributed by atoms with Crippen molar-refractivity contribution in [1.82, 2.24) is 24.6 Å². The Hall–Kier alpha value is -1.95. The van der Waals surface area contributed by atoms with E-state index >= 15 is 0 Å². The Balaban J connectivity index is 1.70. The number of nitrogens with zero attached hydrogens (tertiary/aromatic N) is 4. The van der Waals surface area contributed by atoms with Crippen molar-refractivity contribution in [2.45, 2.75) is 58.4 Å². The van der Waals surface area contributed by atoms with Crippen LogP contribution in [0.15, 0.2) is 11.0 Å². The largest absolute Gasteiger partial charge is 0.296 e. The summed E-state index contributed by atoms with van der Waals surface area (Å²) in [6.07, 6.45) is 8.40. The van der Waals surface area contributed by atoms with Gasteiger partial charge in [-0.25, -0.2) is 9.67 Å². The fourth-order valence-corrected chi connectivity index (χ4v) is 4.06. The van der Waals surface area contributed by atoms with Gasteiger partial charge in [0.2, 0.25) is 5.95 Å². The molecule has 128 valence electrons. The first-order chi connectivity index (χ1) is 11.6. The molecule has 6 nitrogen and oxygen atoms in total. The van der Waals surface area contributed by atoms with E-state index in [9.17, 15) is 4.79 Å². The van der Waals surface area contributed by atoms with Gasteiger partial charge in [0.1, 0.15) is 0 Å². The van der Waals surface area contributed by atoms with Crippen LogP contribution in [-0.4, -0.2) is 37.7 Å². The normalized spacial score (nSPS) is 19.4. The molecule has 3 heterocycles. The lowest BCUT2D eigenvalue weighted by Crippen LogP contribution is -2.25. The topological polar surface area (TPSA) is 66.8 Å². The van der Waals surface area contributed by atoms with Gasteiger partial charge in [-0.3, -0.25) is 14.7 Å². The third-order valence-electron chi connectivity index (χ3n) is 5.57. The average molecular weight is 327 g/mol. The molecule has 2 aromatic rings. The van der Waals surface area contributed by atoms with E-state index in [0.29, 0.717) is 12.0 Å². The standard InChI is InChI=1S/C18H25N5O/c1-12(22-9-5-6-10-22)15-11-19-23(13(15)2)18-20-16-8-4-3-7-14(16)17(24)21-18/h11-12H,3-10H2,1-2H3,(H,20,21,24). The second kappa shape index (κ2) is 6.16. The van der Waals surface area contributed by atoms with E-state index in [1.54, 1.807) is 4.68 Å². The molecule has 1 fully saturated rings.